The van der Waals surface area contributed by atoms with Crippen LogP contribution in [-0.4, -0.2) is 27.8 Å². The van der Waals surface area contributed by atoms with Crippen LogP contribution >= 0.6 is 0 Å². The van der Waals surface area contributed by atoms with Crippen molar-refractivity contribution >= 4 is 5.97 Å². The second-order valence-electron chi connectivity index (χ2n) is 4.68. The van der Waals surface area contributed by atoms with Crippen LogP contribution in [0.2, 0.25) is 0 Å². The highest BCUT2D eigenvalue weighted by atomic mass is 16.5. The van der Waals surface area contributed by atoms with E-state index in [0.717, 1.165) is 5.56 Å². The predicted molar refractivity (Wildman–Crippen MR) is 84.3 cm³/mol. The fourth-order valence-corrected chi connectivity index (χ4v) is 2.00. The number of rotatable bonds is 5. The van der Waals surface area contributed by atoms with Gasteiger partial charge in [0, 0.05) is 17.8 Å². The van der Waals surface area contributed by atoms with Crippen LogP contribution in [0.4, 0.5) is 0 Å². The molecule has 2 heterocycles. The van der Waals surface area contributed by atoms with E-state index >= 15 is 0 Å². The summed E-state index contributed by atoms with van der Waals surface area (Å²) in [6, 6.07) is 14.5. The molecule has 2 aromatic heterocycles. The second kappa shape index (κ2) is 6.74. The Kier molecular flexibility index (Phi) is 4.33. The van der Waals surface area contributed by atoms with Crippen molar-refractivity contribution < 1.29 is 14.3 Å². The first-order chi connectivity index (χ1) is 11.3. The van der Waals surface area contributed by atoms with Crippen molar-refractivity contribution in [1.82, 2.24) is 15.2 Å². The minimum absolute atomic E-state index is 0.326. The molecule has 0 unspecified atom stereocenters. The highest BCUT2D eigenvalue weighted by Crippen LogP contribution is 2.24. The van der Waals surface area contributed by atoms with Crippen LogP contribution in [-0.2, 0) is 4.74 Å². The predicted octanol–water partition coefficient (Wildman–Crippen LogP) is 3.44. The SMILES string of the molecule is CCOC(=O)c1cc(-c2ccc(Oc3ccccn3)cc2)n[nH]1. The molecule has 1 N–H and O–H groups in total. The molecule has 3 aromatic rings. The Morgan fingerprint density at radius 1 is 1.17 bits per heavy atom. The number of aromatic nitrogens is 3. The lowest BCUT2D eigenvalue weighted by molar-refractivity contribution is 0.0519. The molecule has 0 aliphatic heterocycles. The zero-order chi connectivity index (χ0) is 16.1. The molecule has 0 fully saturated rings. The number of carbonyl (C=O) groups excluding carboxylic acids is 1. The van der Waals surface area contributed by atoms with Crippen molar-refractivity contribution in [2.24, 2.45) is 0 Å². The maximum Gasteiger partial charge on any atom is 0.356 e. The minimum Gasteiger partial charge on any atom is -0.461 e. The molecule has 0 aliphatic rings. The van der Waals surface area contributed by atoms with Crippen molar-refractivity contribution in [3.63, 3.8) is 0 Å². The average molecular weight is 309 g/mol. The summed E-state index contributed by atoms with van der Waals surface area (Å²) in [5.41, 5.74) is 1.86. The lowest BCUT2D eigenvalue weighted by atomic mass is 10.1. The number of pyridine rings is 1. The van der Waals surface area contributed by atoms with Gasteiger partial charge in [0.1, 0.15) is 11.4 Å². The van der Waals surface area contributed by atoms with Gasteiger partial charge in [-0.05, 0) is 43.3 Å². The minimum atomic E-state index is -0.415. The first-order valence-corrected chi connectivity index (χ1v) is 7.18. The topological polar surface area (TPSA) is 77.1 Å². The largest absolute Gasteiger partial charge is 0.461 e. The van der Waals surface area contributed by atoms with Gasteiger partial charge in [0.05, 0.1) is 12.3 Å². The molecule has 23 heavy (non-hydrogen) atoms. The van der Waals surface area contributed by atoms with Gasteiger partial charge in [-0.25, -0.2) is 9.78 Å². The van der Waals surface area contributed by atoms with E-state index < -0.39 is 5.97 Å². The number of H-pyrrole nitrogens is 1. The zero-order valence-electron chi connectivity index (χ0n) is 12.5. The molecule has 116 valence electrons. The van der Waals surface area contributed by atoms with Crippen molar-refractivity contribution in [2.45, 2.75) is 6.92 Å². The Labute approximate surface area is 133 Å². The summed E-state index contributed by atoms with van der Waals surface area (Å²) < 4.78 is 10.6. The number of aromatic amines is 1. The first-order valence-electron chi connectivity index (χ1n) is 7.18. The third-order valence-corrected chi connectivity index (χ3v) is 3.08. The number of hydrogen-bond acceptors (Lipinski definition) is 5. The zero-order valence-corrected chi connectivity index (χ0v) is 12.5. The Bertz CT molecular complexity index is 782. The van der Waals surface area contributed by atoms with Gasteiger partial charge in [0.15, 0.2) is 0 Å². The standard InChI is InChI=1S/C17H15N3O3/c1-2-22-17(21)15-11-14(19-20-15)12-6-8-13(9-7-12)23-16-5-3-4-10-18-16/h3-11H,2H2,1H3,(H,19,20). The summed E-state index contributed by atoms with van der Waals surface area (Å²) in [4.78, 5) is 15.7. The third kappa shape index (κ3) is 3.55. The lowest BCUT2D eigenvalue weighted by Crippen LogP contribution is -2.04. The van der Waals surface area contributed by atoms with E-state index in [9.17, 15) is 4.79 Å². The van der Waals surface area contributed by atoms with Crippen LogP contribution < -0.4 is 4.74 Å². The van der Waals surface area contributed by atoms with Gasteiger partial charge in [0.25, 0.3) is 0 Å². The Morgan fingerprint density at radius 2 is 2.00 bits per heavy atom. The smallest absolute Gasteiger partial charge is 0.356 e. The third-order valence-electron chi connectivity index (χ3n) is 3.08. The molecule has 0 atom stereocenters. The molecule has 0 saturated carbocycles. The lowest BCUT2D eigenvalue weighted by Gasteiger charge is -2.04. The van der Waals surface area contributed by atoms with Crippen LogP contribution in [0.15, 0.2) is 54.7 Å². The van der Waals surface area contributed by atoms with E-state index in [2.05, 4.69) is 15.2 Å². The summed E-state index contributed by atoms with van der Waals surface area (Å²) in [5, 5.41) is 6.80. The number of benzene rings is 1. The Morgan fingerprint density at radius 3 is 2.70 bits per heavy atom. The van der Waals surface area contributed by atoms with Crippen LogP contribution in [0.5, 0.6) is 11.6 Å². The molecule has 0 amide bonds. The maximum absolute atomic E-state index is 11.6. The van der Waals surface area contributed by atoms with Gasteiger partial charge >= 0.3 is 5.97 Å². The number of ether oxygens (including phenoxy) is 2. The number of nitrogens with zero attached hydrogens (tertiary/aromatic N) is 2. The molecule has 1 aromatic carbocycles. The molecule has 6 heteroatoms. The summed E-state index contributed by atoms with van der Waals surface area (Å²) in [7, 11) is 0. The summed E-state index contributed by atoms with van der Waals surface area (Å²) >= 11 is 0. The van der Waals surface area contributed by atoms with Crippen LogP contribution in [0.1, 0.15) is 17.4 Å². The Hall–Kier alpha value is -3.15. The van der Waals surface area contributed by atoms with Crippen LogP contribution in [0, 0.1) is 0 Å². The highest BCUT2D eigenvalue weighted by Gasteiger charge is 2.11. The molecule has 0 spiro atoms. The molecular weight excluding hydrogens is 294 g/mol. The van der Waals surface area contributed by atoms with E-state index in [1.807, 2.05) is 36.4 Å². The summed E-state index contributed by atoms with van der Waals surface area (Å²) in [6.45, 7) is 2.09. The first kappa shape index (κ1) is 14.8. The molecule has 0 bridgehead atoms. The van der Waals surface area contributed by atoms with E-state index in [0.29, 0.717) is 29.6 Å². The van der Waals surface area contributed by atoms with E-state index in [4.69, 9.17) is 9.47 Å². The Balaban J connectivity index is 1.73. The average Bonchev–Trinajstić information content (AvgIpc) is 3.07. The maximum atomic E-state index is 11.6. The van der Waals surface area contributed by atoms with Gasteiger partial charge in [-0.1, -0.05) is 6.07 Å². The number of esters is 1. The van der Waals surface area contributed by atoms with Crippen molar-refractivity contribution in [2.75, 3.05) is 6.61 Å². The normalized spacial score (nSPS) is 10.3. The molecule has 3 rings (SSSR count). The number of nitrogens with one attached hydrogen (secondary N) is 1. The van der Waals surface area contributed by atoms with Gasteiger partial charge in [-0.15, -0.1) is 0 Å². The number of carbonyl (C=O) groups is 1. The van der Waals surface area contributed by atoms with Crippen LogP contribution in [0.25, 0.3) is 11.3 Å². The monoisotopic (exact) mass is 309 g/mol. The fourth-order valence-electron chi connectivity index (χ4n) is 2.00. The molecule has 0 aliphatic carbocycles. The highest BCUT2D eigenvalue weighted by molar-refractivity contribution is 5.88. The second-order valence-corrected chi connectivity index (χ2v) is 4.68. The molecule has 0 radical (unpaired) electrons. The van der Waals surface area contributed by atoms with Gasteiger partial charge < -0.3 is 9.47 Å². The van der Waals surface area contributed by atoms with E-state index in [1.165, 1.54) is 0 Å². The van der Waals surface area contributed by atoms with Gasteiger partial charge in [0.2, 0.25) is 5.88 Å². The fraction of sp³-hybridized carbons (Fsp3) is 0.118. The summed E-state index contributed by atoms with van der Waals surface area (Å²) in [6.07, 6.45) is 1.67. The van der Waals surface area contributed by atoms with Crippen molar-refractivity contribution in [3.8, 4) is 22.9 Å². The van der Waals surface area contributed by atoms with E-state index in [-0.39, 0.29) is 0 Å². The molecular formula is C17H15N3O3. The van der Waals surface area contributed by atoms with Crippen LogP contribution in [0.3, 0.4) is 0 Å². The van der Waals surface area contributed by atoms with Crippen molar-refractivity contribution in [1.29, 1.82) is 0 Å². The molecule has 0 saturated heterocycles. The quantitative estimate of drug-likeness (QED) is 0.730. The summed E-state index contributed by atoms with van der Waals surface area (Å²) in [5.74, 6) is 0.791. The van der Waals surface area contributed by atoms with Crippen molar-refractivity contribution in [3.05, 3.63) is 60.4 Å². The van der Waals surface area contributed by atoms with Gasteiger partial charge in [-0.2, -0.15) is 5.10 Å². The van der Waals surface area contributed by atoms with Gasteiger partial charge in [-0.3, -0.25) is 5.10 Å². The molecule has 6 nitrogen and oxygen atoms in total. The number of hydrogen-bond donors (Lipinski definition) is 1. The van der Waals surface area contributed by atoms with E-state index in [1.54, 1.807) is 25.3 Å².